The number of likely N-dealkylation sites (N-methyl/N-ethyl adjacent to an activating group) is 1. The van der Waals surface area contributed by atoms with Crippen LogP contribution in [-0.2, 0) is 22.6 Å². The number of ether oxygens (including phenoxy) is 1. The van der Waals surface area contributed by atoms with Crippen molar-refractivity contribution in [1.29, 1.82) is 0 Å². The summed E-state index contributed by atoms with van der Waals surface area (Å²) in [7, 11) is 3.39. The van der Waals surface area contributed by atoms with Gasteiger partial charge in [0.15, 0.2) is 11.6 Å². The zero-order chi connectivity index (χ0) is 31.7. The number of allylic oxidation sites excluding steroid dienone is 1. The van der Waals surface area contributed by atoms with Gasteiger partial charge in [-0.1, -0.05) is 18.2 Å². The number of nitrogens with two attached hydrogens (primary N) is 1. The number of hydrogen-bond acceptors (Lipinski definition) is 8. The Labute approximate surface area is 255 Å². The lowest BCUT2D eigenvalue weighted by Gasteiger charge is -2.52. The number of amides is 1. The van der Waals surface area contributed by atoms with Gasteiger partial charge in [0.05, 0.1) is 17.0 Å². The molecule has 0 unspecified atom stereocenters. The fraction of sp³-hybridized carbons (Fsp3) is 0.441. The maximum atomic E-state index is 16.1. The van der Waals surface area contributed by atoms with E-state index in [0.29, 0.717) is 11.7 Å². The number of Topliss-reactive ketones (excluding diaryl/α,β-unsaturated/α-hetero) is 2. The predicted molar refractivity (Wildman–Crippen MR) is 160 cm³/mol. The predicted octanol–water partition coefficient (Wildman–Crippen LogP) is 3.94. The number of carbonyl (C=O) groups is 3. The van der Waals surface area contributed by atoms with Gasteiger partial charge in [0.25, 0.3) is 5.91 Å². The number of aromatic hydroxyl groups is 1. The van der Waals surface area contributed by atoms with Crippen LogP contribution in [0.3, 0.4) is 0 Å². The Balaban J connectivity index is 1.54. The molecular weight excluding hydrogens is 565 g/mol. The molecule has 4 aliphatic carbocycles. The number of primary amides is 1. The third kappa shape index (κ3) is 4.62. The molecule has 2 aromatic rings. The van der Waals surface area contributed by atoms with Gasteiger partial charge in [-0.15, -0.1) is 0 Å². The van der Waals surface area contributed by atoms with Crippen LogP contribution in [-0.4, -0.2) is 58.8 Å². The molecule has 0 bridgehead atoms. The highest BCUT2D eigenvalue weighted by Crippen LogP contribution is 2.58. The summed E-state index contributed by atoms with van der Waals surface area (Å²) in [5, 5.41) is 26.2. The molecule has 232 valence electrons. The first-order chi connectivity index (χ1) is 20.9. The lowest BCUT2D eigenvalue weighted by molar-refractivity contribution is -0.129. The molecule has 0 saturated heterocycles. The van der Waals surface area contributed by atoms with E-state index in [4.69, 9.17) is 10.5 Å². The lowest BCUT2D eigenvalue weighted by atomic mass is 9.54. The minimum Gasteiger partial charge on any atom is -0.510 e. The first-order valence-corrected chi connectivity index (χ1v) is 15.1. The first kappa shape index (κ1) is 30.0. The maximum absolute atomic E-state index is 16.1. The van der Waals surface area contributed by atoms with Crippen molar-refractivity contribution in [3.63, 3.8) is 0 Å². The second-order valence-corrected chi connectivity index (χ2v) is 13.0. The number of aliphatic hydroxyl groups is 1. The van der Waals surface area contributed by atoms with E-state index in [9.17, 15) is 24.6 Å². The number of rotatable bonds is 8. The molecule has 4 aliphatic rings. The number of ketones is 2. The summed E-state index contributed by atoms with van der Waals surface area (Å²) in [5.74, 6) is -4.01. The molecule has 0 heterocycles. The highest BCUT2D eigenvalue weighted by molar-refractivity contribution is 6.22. The number of benzene rings is 2. The fourth-order valence-corrected chi connectivity index (χ4v) is 7.55. The third-order valence-electron chi connectivity index (χ3n) is 10.1. The van der Waals surface area contributed by atoms with Crippen LogP contribution in [0.2, 0.25) is 0 Å². The Hall–Kier alpha value is -4.02. The molecular formula is C34H38FN3O6. The minimum absolute atomic E-state index is 0.0556. The number of para-hydroxylation sites is 1. The molecule has 0 radical (unpaired) electrons. The molecule has 0 aliphatic heterocycles. The Bertz CT molecular complexity index is 1630. The van der Waals surface area contributed by atoms with Gasteiger partial charge in [-0.2, -0.15) is 0 Å². The van der Waals surface area contributed by atoms with Gasteiger partial charge in [0.2, 0.25) is 0 Å². The van der Waals surface area contributed by atoms with Gasteiger partial charge >= 0.3 is 0 Å². The average molecular weight is 604 g/mol. The van der Waals surface area contributed by atoms with Crippen molar-refractivity contribution in [2.45, 2.75) is 58.2 Å². The molecule has 44 heavy (non-hydrogen) atoms. The fourth-order valence-electron chi connectivity index (χ4n) is 7.55. The van der Waals surface area contributed by atoms with Gasteiger partial charge in [-0.05, 0) is 83.7 Å². The van der Waals surface area contributed by atoms with Crippen LogP contribution in [0.5, 0.6) is 11.5 Å². The van der Waals surface area contributed by atoms with E-state index in [1.807, 2.05) is 0 Å². The zero-order valence-corrected chi connectivity index (χ0v) is 25.3. The summed E-state index contributed by atoms with van der Waals surface area (Å²) in [6, 6.07) is 9.27. The van der Waals surface area contributed by atoms with Gasteiger partial charge < -0.3 is 26.0 Å². The van der Waals surface area contributed by atoms with Crippen molar-refractivity contribution in [2.24, 2.45) is 28.9 Å². The number of phenolic OH excluding ortho intramolecular Hbond substituents is 1. The average Bonchev–Trinajstić information content (AvgIpc) is 3.81. The van der Waals surface area contributed by atoms with Crippen LogP contribution >= 0.6 is 0 Å². The number of phenols is 1. The molecule has 0 spiro atoms. The van der Waals surface area contributed by atoms with E-state index in [0.717, 1.165) is 12.8 Å². The van der Waals surface area contributed by atoms with Gasteiger partial charge in [0.1, 0.15) is 34.4 Å². The van der Waals surface area contributed by atoms with E-state index in [1.165, 1.54) is 6.07 Å². The maximum Gasteiger partial charge on any atom is 0.255 e. The second-order valence-electron chi connectivity index (χ2n) is 13.0. The molecule has 6 rings (SSSR count). The van der Waals surface area contributed by atoms with E-state index >= 15 is 4.39 Å². The number of nitrogens with one attached hydrogen (secondary N) is 1. The summed E-state index contributed by atoms with van der Waals surface area (Å²) in [5.41, 5.74) is 4.01. The van der Waals surface area contributed by atoms with E-state index in [1.54, 1.807) is 56.3 Å². The quantitative estimate of drug-likeness (QED) is 0.333. The van der Waals surface area contributed by atoms with Crippen LogP contribution in [0.15, 0.2) is 59.1 Å². The molecule has 1 fully saturated rings. The molecule has 1 amide bonds. The van der Waals surface area contributed by atoms with E-state index < -0.39 is 57.9 Å². The summed E-state index contributed by atoms with van der Waals surface area (Å²) in [4.78, 5) is 42.2. The number of hydrogen-bond donors (Lipinski definition) is 4. The summed E-state index contributed by atoms with van der Waals surface area (Å²) < 4.78 is 22.6. The number of carbonyl (C=O) groups excluding carboxylic acids is 3. The van der Waals surface area contributed by atoms with Crippen LogP contribution in [0.4, 0.5) is 4.39 Å². The van der Waals surface area contributed by atoms with E-state index in [2.05, 4.69) is 12.2 Å². The topological polar surface area (TPSA) is 142 Å². The molecule has 0 aromatic heterocycles. The number of aliphatic hydroxyl groups excluding tert-OH is 1. The first-order valence-electron chi connectivity index (χ1n) is 15.1. The Morgan fingerprint density at radius 2 is 1.89 bits per heavy atom. The summed E-state index contributed by atoms with van der Waals surface area (Å²) >= 11 is 0. The Kier molecular flexibility index (Phi) is 7.41. The third-order valence-corrected chi connectivity index (χ3v) is 10.1. The normalized spacial score (nSPS) is 27.2. The SMILES string of the molecule is C[C@@H](NCc1cc(O)c2c(c1F)C[C@H]1C[C@H]3[C@H](N(C)C)C(=O)C(C(N)=O)=C(O)[C@@]3(C)C(Oc3ccccc3)=C1C2=O)C1CC1. The van der Waals surface area contributed by atoms with Crippen LogP contribution in [0, 0.1) is 29.0 Å². The molecule has 2 aromatic carbocycles. The monoisotopic (exact) mass is 603 g/mol. The summed E-state index contributed by atoms with van der Waals surface area (Å²) in [6.45, 7) is 3.90. The molecule has 5 atom stereocenters. The van der Waals surface area contributed by atoms with Crippen LogP contribution in [0.1, 0.15) is 54.6 Å². The van der Waals surface area contributed by atoms with E-state index in [-0.39, 0.29) is 59.2 Å². The van der Waals surface area contributed by atoms with Gasteiger partial charge in [-0.25, -0.2) is 4.39 Å². The molecule has 9 nitrogen and oxygen atoms in total. The highest BCUT2D eigenvalue weighted by Gasteiger charge is 2.61. The van der Waals surface area contributed by atoms with Crippen LogP contribution < -0.4 is 15.8 Å². The van der Waals surface area contributed by atoms with Gasteiger partial charge in [0, 0.05) is 35.2 Å². The minimum atomic E-state index is -1.51. The van der Waals surface area contributed by atoms with Crippen molar-refractivity contribution >= 4 is 17.5 Å². The van der Waals surface area contributed by atoms with Gasteiger partial charge in [-0.3, -0.25) is 19.3 Å². The smallest absolute Gasteiger partial charge is 0.255 e. The standard InChI is InChI=1S/C34H38FN3O6/c1-16(17-10-11-17)37-15-19-14-23(39)25-21(27(19)35)12-18-13-22-28(38(3)4)30(41)26(33(36)43)31(42)34(22,2)32(24(18)29(25)40)44-20-8-6-5-7-9-20/h5-9,14,16-18,22,28,37,39,42H,10-13,15H2,1-4H3,(H2,36,43)/t16-,18+,22+,28+,34+/m1/s1. The van der Waals surface area contributed by atoms with Crippen LogP contribution in [0.25, 0.3) is 0 Å². The van der Waals surface area contributed by atoms with Crippen molar-refractivity contribution in [2.75, 3.05) is 14.1 Å². The molecule has 5 N–H and O–H groups in total. The zero-order valence-electron chi connectivity index (χ0n) is 25.3. The Morgan fingerprint density at radius 3 is 2.50 bits per heavy atom. The lowest BCUT2D eigenvalue weighted by Crippen LogP contribution is -2.59. The largest absolute Gasteiger partial charge is 0.510 e. The number of fused-ring (bicyclic) bond motifs is 3. The highest BCUT2D eigenvalue weighted by atomic mass is 19.1. The molecule has 1 saturated carbocycles. The van der Waals surface area contributed by atoms with Crippen molar-refractivity contribution in [3.05, 3.63) is 81.6 Å². The van der Waals surface area contributed by atoms with Crippen molar-refractivity contribution in [3.8, 4) is 11.5 Å². The van der Waals surface area contributed by atoms with Crippen molar-refractivity contribution < 1.29 is 33.7 Å². The Morgan fingerprint density at radius 1 is 1.20 bits per heavy atom. The summed E-state index contributed by atoms with van der Waals surface area (Å²) in [6.07, 6.45) is 2.56. The number of nitrogens with zero attached hydrogens (tertiary/aromatic N) is 1. The van der Waals surface area contributed by atoms with Crippen molar-refractivity contribution in [1.82, 2.24) is 10.2 Å². The number of halogens is 1. The molecule has 10 heteroatoms. The second kappa shape index (κ2) is 10.9.